The zero-order valence-electron chi connectivity index (χ0n) is 9.77. The van der Waals surface area contributed by atoms with E-state index in [1.165, 1.54) is 13.4 Å². The summed E-state index contributed by atoms with van der Waals surface area (Å²) in [5.74, 6) is 0.256. The summed E-state index contributed by atoms with van der Waals surface area (Å²) in [6.07, 6.45) is 3.29. The predicted molar refractivity (Wildman–Crippen MR) is 67.3 cm³/mol. The molecule has 0 fully saturated rings. The molecule has 0 bridgehead atoms. The van der Waals surface area contributed by atoms with Crippen molar-refractivity contribution in [3.8, 4) is 11.3 Å². The molecule has 90 valence electrons. The molecule has 4 heteroatoms. The largest absolute Gasteiger partial charge is 0.465 e. The molecule has 0 saturated heterocycles. The quantitative estimate of drug-likeness (QED) is 0.701. The van der Waals surface area contributed by atoms with E-state index in [0.717, 1.165) is 16.5 Å². The summed E-state index contributed by atoms with van der Waals surface area (Å²) in [4.78, 5) is 14.5. The Kier molecular flexibility index (Phi) is 2.41. The highest BCUT2D eigenvalue weighted by Gasteiger charge is 2.11. The van der Waals surface area contributed by atoms with Crippen LogP contribution in [0.5, 0.6) is 0 Å². The number of fused-ring (bicyclic) bond motifs is 1. The molecular weight excluding hydrogens is 230 g/mol. The Morgan fingerprint density at radius 1 is 1.28 bits per heavy atom. The first-order valence-electron chi connectivity index (χ1n) is 5.52. The van der Waals surface area contributed by atoms with Crippen molar-refractivity contribution in [1.82, 2.24) is 4.98 Å². The molecule has 18 heavy (non-hydrogen) atoms. The lowest BCUT2D eigenvalue weighted by atomic mass is 10.1. The number of esters is 1. The van der Waals surface area contributed by atoms with E-state index in [1.54, 1.807) is 6.07 Å². The van der Waals surface area contributed by atoms with Crippen molar-refractivity contribution in [1.29, 1.82) is 0 Å². The molecule has 0 atom stereocenters. The van der Waals surface area contributed by atoms with Gasteiger partial charge in [-0.15, -0.1) is 0 Å². The van der Waals surface area contributed by atoms with Crippen molar-refractivity contribution >= 4 is 16.9 Å². The van der Waals surface area contributed by atoms with E-state index < -0.39 is 5.97 Å². The van der Waals surface area contributed by atoms with Crippen LogP contribution in [0.4, 0.5) is 0 Å². The number of nitrogens with one attached hydrogen (secondary N) is 1. The third-order valence-corrected chi connectivity index (χ3v) is 2.86. The second kappa shape index (κ2) is 4.07. The van der Waals surface area contributed by atoms with Crippen LogP contribution in [0.15, 0.2) is 47.2 Å². The van der Waals surface area contributed by atoms with Crippen molar-refractivity contribution in [2.75, 3.05) is 7.11 Å². The molecule has 1 N–H and O–H groups in total. The Bertz CT molecular complexity index is 708. The van der Waals surface area contributed by atoms with E-state index in [9.17, 15) is 4.79 Å². The smallest absolute Gasteiger partial charge is 0.341 e. The molecule has 0 aliphatic carbocycles. The molecular formula is C14H11NO3. The van der Waals surface area contributed by atoms with Crippen LogP contribution in [0.2, 0.25) is 0 Å². The third-order valence-electron chi connectivity index (χ3n) is 2.86. The molecule has 0 saturated carbocycles. The van der Waals surface area contributed by atoms with Gasteiger partial charge in [-0.1, -0.05) is 0 Å². The first-order valence-corrected chi connectivity index (χ1v) is 5.52. The highest BCUT2D eigenvalue weighted by Crippen LogP contribution is 2.25. The Morgan fingerprint density at radius 2 is 2.17 bits per heavy atom. The zero-order chi connectivity index (χ0) is 12.5. The zero-order valence-corrected chi connectivity index (χ0v) is 9.77. The highest BCUT2D eigenvalue weighted by molar-refractivity contribution is 5.91. The predicted octanol–water partition coefficient (Wildman–Crippen LogP) is 3.21. The number of aromatic amines is 1. The minimum atomic E-state index is -0.396. The fourth-order valence-electron chi connectivity index (χ4n) is 1.92. The van der Waals surface area contributed by atoms with Crippen molar-refractivity contribution in [3.05, 3.63) is 48.4 Å². The summed E-state index contributed by atoms with van der Waals surface area (Å²) in [6.45, 7) is 0. The van der Waals surface area contributed by atoms with Crippen LogP contribution in [-0.4, -0.2) is 18.1 Å². The molecule has 1 aromatic carbocycles. The maximum atomic E-state index is 11.3. The second-order valence-electron chi connectivity index (χ2n) is 3.97. The van der Waals surface area contributed by atoms with E-state index in [1.807, 2.05) is 30.5 Å². The number of H-pyrrole nitrogens is 1. The van der Waals surface area contributed by atoms with Gasteiger partial charge in [0.15, 0.2) is 0 Å². The van der Waals surface area contributed by atoms with Gasteiger partial charge in [-0.3, -0.25) is 0 Å². The summed E-state index contributed by atoms with van der Waals surface area (Å²) >= 11 is 0. The molecule has 3 aromatic rings. The summed E-state index contributed by atoms with van der Waals surface area (Å²) in [5.41, 5.74) is 2.41. The van der Waals surface area contributed by atoms with Crippen LogP contribution in [0.25, 0.3) is 22.2 Å². The molecule has 0 spiro atoms. The van der Waals surface area contributed by atoms with E-state index >= 15 is 0 Å². The van der Waals surface area contributed by atoms with Crippen LogP contribution in [-0.2, 0) is 4.74 Å². The SMILES string of the molecule is COC(=O)c1coc(-c2ccc3[nH]ccc3c2)c1. The molecule has 0 aliphatic rings. The van der Waals surface area contributed by atoms with Gasteiger partial charge in [-0.25, -0.2) is 4.79 Å². The lowest BCUT2D eigenvalue weighted by Crippen LogP contribution is -1.98. The number of carbonyl (C=O) groups excluding carboxylic acids is 1. The number of benzene rings is 1. The minimum absolute atomic E-state index is 0.396. The van der Waals surface area contributed by atoms with Crippen molar-refractivity contribution in [2.45, 2.75) is 0 Å². The van der Waals surface area contributed by atoms with Gasteiger partial charge in [-0.2, -0.15) is 0 Å². The van der Waals surface area contributed by atoms with Crippen molar-refractivity contribution in [3.63, 3.8) is 0 Å². The molecule has 0 radical (unpaired) electrons. The summed E-state index contributed by atoms with van der Waals surface area (Å²) in [5, 5.41) is 1.10. The summed E-state index contributed by atoms with van der Waals surface area (Å²) < 4.78 is 10.0. The molecule has 0 aliphatic heterocycles. The van der Waals surface area contributed by atoms with E-state index in [2.05, 4.69) is 9.72 Å². The van der Waals surface area contributed by atoms with Crippen molar-refractivity contribution in [2.24, 2.45) is 0 Å². The fourth-order valence-corrected chi connectivity index (χ4v) is 1.92. The molecule has 2 heterocycles. The molecule has 4 nitrogen and oxygen atoms in total. The number of ether oxygens (including phenoxy) is 1. The number of aromatic nitrogens is 1. The summed E-state index contributed by atoms with van der Waals surface area (Å²) in [7, 11) is 1.35. The summed E-state index contributed by atoms with van der Waals surface area (Å²) in [6, 6.07) is 9.60. The number of hydrogen-bond acceptors (Lipinski definition) is 3. The lowest BCUT2D eigenvalue weighted by molar-refractivity contribution is 0.0600. The molecule has 2 aromatic heterocycles. The van der Waals surface area contributed by atoms with Gasteiger partial charge in [-0.05, 0) is 30.3 Å². The van der Waals surface area contributed by atoms with Gasteiger partial charge in [0.05, 0.1) is 12.7 Å². The van der Waals surface area contributed by atoms with E-state index in [4.69, 9.17) is 4.42 Å². The van der Waals surface area contributed by atoms with Crippen LogP contribution >= 0.6 is 0 Å². The van der Waals surface area contributed by atoms with Gasteiger partial charge in [0.25, 0.3) is 0 Å². The van der Waals surface area contributed by atoms with Crippen LogP contribution in [0, 0.1) is 0 Å². The topological polar surface area (TPSA) is 55.2 Å². The van der Waals surface area contributed by atoms with E-state index in [0.29, 0.717) is 11.3 Å². The number of hydrogen-bond donors (Lipinski definition) is 1. The Hall–Kier alpha value is -2.49. The Morgan fingerprint density at radius 3 is 3.00 bits per heavy atom. The molecule has 0 amide bonds. The monoisotopic (exact) mass is 241 g/mol. The van der Waals surface area contributed by atoms with Gasteiger partial charge >= 0.3 is 5.97 Å². The fraction of sp³-hybridized carbons (Fsp3) is 0.0714. The lowest BCUT2D eigenvalue weighted by Gasteiger charge is -1.96. The van der Waals surface area contributed by atoms with Crippen LogP contribution in [0.1, 0.15) is 10.4 Å². The Labute approximate surface area is 103 Å². The molecule has 3 rings (SSSR count). The highest BCUT2D eigenvalue weighted by atomic mass is 16.5. The standard InChI is InChI=1S/C14H11NO3/c1-17-14(16)11-7-13(18-8-11)10-2-3-12-9(6-10)4-5-15-12/h2-8,15H,1H3. The average Bonchev–Trinajstić information content (AvgIpc) is 3.05. The van der Waals surface area contributed by atoms with Gasteiger partial charge in [0.1, 0.15) is 12.0 Å². The third kappa shape index (κ3) is 1.68. The first kappa shape index (κ1) is 10.7. The first-order chi connectivity index (χ1) is 8.78. The maximum Gasteiger partial charge on any atom is 0.341 e. The average molecular weight is 241 g/mol. The van der Waals surface area contributed by atoms with Crippen LogP contribution in [0.3, 0.4) is 0 Å². The van der Waals surface area contributed by atoms with E-state index in [-0.39, 0.29) is 0 Å². The van der Waals surface area contributed by atoms with Crippen LogP contribution < -0.4 is 0 Å². The van der Waals surface area contributed by atoms with Gasteiger partial charge < -0.3 is 14.1 Å². The Balaban J connectivity index is 2.03. The van der Waals surface area contributed by atoms with Gasteiger partial charge in [0.2, 0.25) is 0 Å². The maximum absolute atomic E-state index is 11.3. The van der Waals surface area contributed by atoms with Crippen molar-refractivity contribution < 1.29 is 13.9 Å². The number of carbonyl (C=O) groups is 1. The number of methoxy groups -OCH3 is 1. The number of furan rings is 1. The molecule has 0 unspecified atom stereocenters. The minimum Gasteiger partial charge on any atom is -0.465 e. The normalized spacial score (nSPS) is 10.7. The van der Waals surface area contributed by atoms with Gasteiger partial charge in [0, 0.05) is 22.7 Å². The second-order valence-corrected chi connectivity index (χ2v) is 3.97. The number of rotatable bonds is 2.